The molecule has 1 heterocycles. The summed E-state index contributed by atoms with van der Waals surface area (Å²) in [6.07, 6.45) is 0. The van der Waals surface area contributed by atoms with Crippen LogP contribution in [0, 0.1) is 0 Å². The first-order valence-corrected chi connectivity index (χ1v) is 10.3. The van der Waals surface area contributed by atoms with E-state index >= 15 is 0 Å². The number of anilines is 1. The Morgan fingerprint density at radius 1 is 1.35 bits per heavy atom. The Labute approximate surface area is 160 Å². The first-order chi connectivity index (χ1) is 12.3. The number of rotatable bonds is 7. The maximum atomic E-state index is 13.0. The number of ether oxygens (including phenoxy) is 2. The van der Waals surface area contributed by atoms with E-state index in [1.54, 1.807) is 18.2 Å². The van der Waals surface area contributed by atoms with E-state index in [4.69, 9.17) is 21.7 Å². The van der Waals surface area contributed by atoms with Gasteiger partial charge in [-0.15, -0.1) is 0 Å². The molecule has 0 aromatic heterocycles. The van der Waals surface area contributed by atoms with Crippen LogP contribution in [-0.2, 0) is 14.8 Å². The topological polar surface area (TPSA) is 84.3 Å². The largest absolute Gasteiger partial charge is 0.495 e. The highest BCUT2D eigenvalue weighted by Crippen LogP contribution is 2.30. The summed E-state index contributed by atoms with van der Waals surface area (Å²) in [4.78, 5) is 1.43. The van der Waals surface area contributed by atoms with Crippen molar-refractivity contribution in [3.8, 4) is 5.75 Å². The second-order valence-corrected chi connectivity index (χ2v) is 8.53. The summed E-state index contributed by atoms with van der Waals surface area (Å²) >= 11 is 5.27. The van der Waals surface area contributed by atoms with Crippen molar-refractivity contribution in [2.24, 2.45) is 0 Å². The second-order valence-electron chi connectivity index (χ2n) is 6.22. The zero-order valence-electron chi connectivity index (χ0n) is 15.4. The molecule has 1 aliphatic rings. The van der Waals surface area contributed by atoms with Crippen molar-refractivity contribution in [1.82, 2.24) is 9.62 Å². The van der Waals surface area contributed by atoms with Crippen LogP contribution in [0.15, 0.2) is 23.1 Å². The lowest BCUT2D eigenvalue weighted by Gasteiger charge is -2.27. The zero-order valence-corrected chi connectivity index (χ0v) is 17.0. The summed E-state index contributed by atoms with van der Waals surface area (Å²) in [5.74, 6) is 0.303. The van der Waals surface area contributed by atoms with Gasteiger partial charge in [-0.05, 0) is 30.4 Å². The van der Waals surface area contributed by atoms with Crippen molar-refractivity contribution in [3.05, 3.63) is 18.2 Å². The summed E-state index contributed by atoms with van der Waals surface area (Å²) in [6.45, 7) is 3.08. The highest BCUT2D eigenvalue weighted by molar-refractivity contribution is 7.89. The molecule has 0 atom stereocenters. The molecule has 1 saturated heterocycles. The second kappa shape index (κ2) is 9.47. The Bertz CT molecular complexity index is 719. The monoisotopic (exact) mass is 403 g/mol. The number of sulfonamides is 1. The molecule has 1 fully saturated rings. The maximum Gasteiger partial charge on any atom is 0.246 e. The Morgan fingerprint density at radius 3 is 2.65 bits per heavy atom. The maximum absolute atomic E-state index is 13.0. The number of nitrogens with one attached hydrogen (secondary N) is 3. The van der Waals surface area contributed by atoms with Crippen LogP contribution in [0.3, 0.4) is 0 Å². The molecule has 1 aromatic carbocycles. The van der Waals surface area contributed by atoms with Crippen LogP contribution in [-0.4, -0.2) is 78.4 Å². The number of morpholine rings is 1. The number of hydrogen-bond donors (Lipinski definition) is 3. The highest BCUT2D eigenvalue weighted by atomic mass is 32.2. The van der Waals surface area contributed by atoms with Crippen molar-refractivity contribution in [3.63, 3.8) is 0 Å². The summed E-state index contributed by atoms with van der Waals surface area (Å²) in [5.41, 5.74) is 0.590. The molecule has 0 amide bonds. The minimum absolute atomic E-state index is 0.118. The number of benzene rings is 1. The molecule has 0 bridgehead atoms. The molecule has 0 radical (unpaired) electrons. The van der Waals surface area contributed by atoms with Gasteiger partial charge in [-0.1, -0.05) is 0 Å². The molecule has 2 rings (SSSR count). The molecule has 26 heavy (non-hydrogen) atoms. The number of quaternary nitrogens is 1. The third kappa shape index (κ3) is 5.52. The Balaban J connectivity index is 2.16. The molecule has 1 aromatic rings. The van der Waals surface area contributed by atoms with Crippen molar-refractivity contribution in [2.75, 3.05) is 65.9 Å². The average Bonchev–Trinajstić information content (AvgIpc) is 2.62. The van der Waals surface area contributed by atoms with Gasteiger partial charge in [0.25, 0.3) is 0 Å². The van der Waals surface area contributed by atoms with E-state index in [1.165, 1.54) is 16.3 Å². The van der Waals surface area contributed by atoms with E-state index in [1.807, 2.05) is 0 Å². The zero-order chi connectivity index (χ0) is 19.2. The lowest BCUT2D eigenvalue weighted by atomic mass is 10.3. The highest BCUT2D eigenvalue weighted by Gasteiger charge is 2.29. The number of nitrogens with zero attached hydrogens (tertiary/aromatic N) is 1. The van der Waals surface area contributed by atoms with Crippen LogP contribution in [0.4, 0.5) is 5.69 Å². The van der Waals surface area contributed by atoms with Crippen LogP contribution < -0.4 is 20.3 Å². The Morgan fingerprint density at radius 2 is 2.04 bits per heavy atom. The molecule has 146 valence electrons. The van der Waals surface area contributed by atoms with Crippen LogP contribution >= 0.6 is 12.2 Å². The molecule has 0 spiro atoms. The van der Waals surface area contributed by atoms with Gasteiger partial charge in [-0.2, -0.15) is 4.31 Å². The molecule has 1 aliphatic heterocycles. The standard InChI is InChI=1S/C16H26N4O4S2/c1-19(2)7-6-17-16(25)18-13-4-5-14(23-3)15(12-13)26(21,22)20-8-10-24-11-9-20/h4-5,12H,6-11H2,1-3H3,(H2,17,18,25)/p+1. The van der Waals surface area contributed by atoms with Gasteiger partial charge in [0.2, 0.25) is 10.0 Å². The minimum atomic E-state index is -3.67. The first-order valence-electron chi connectivity index (χ1n) is 8.44. The minimum Gasteiger partial charge on any atom is -0.495 e. The predicted molar refractivity (Wildman–Crippen MR) is 104 cm³/mol. The van der Waals surface area contributed by atoms with Crippen molar-refractivity contribution in [1.29, 1.82) is 0 Å². The summed E-state index contributed by atoms with van der Waals surface area (Å²) < 4.78 is 37.8. The molecule has 10 heteroatoms. The fraction of sp³-hybridized carbons (Fsp3) is 0.562. The molecular formula is C16H27N4O4S2+. The number of likely N-dealkylation sites (N-methyl/N-ethyl adjacent to an activating group) is 1. The van der Waals surface area contributed by atoms with Crippen molar-refractivity contribution >= 4 is 33.0 Å². The predicted octanol–water partition coefficient (Wildman–Crippen LogP) is -0.853. The van der Waals surface area contributed by atoms with Crippen molar-refractivity contribution in [2.45, 2.75) is 4.90 Å². The summed E-state index contributed by atoms with van der Waals surface area (Å²) in [6, 6.07) is 4.92. The van der Waals surface area contributed by atoms with E-state index in [-0.39, 0.29) is 4.90 Å². The van der Waals surface area contributed by atoms with Crippen LogP contribution in [0.5, 0.6) is 5.75 Å². The third-order valence-corrected chi connectivity index (χ3v) is 6.09. The fourth-order valence-electron chi connectivity index (χ4n) is 2.48. The van der Waals surface area contributed by atoms with Crippen LogP contribution in [0.2, 0.25) is 0 Å². The molecule has 0 unspecified atom stereocenters. The van der Waals surface area contributed by atoms with Gasteiger partial charge in [0, 0.05) is 18.8 Å². The normalized spacial score (nSPS) is 15.7. The molecule has 3 N–H and O–H groups in total. The van der Waals surface area contributed by atoms with E-state index in [2.05, 4.69) is 24.7 Å². The molecule has 0 saturated carbocycles. The van der Waals surface area contributed by atoms with Gasteiger partial charge >= 0.3 is 0 Å². The first kappa shape index (κ1) is 20.8. The summed E-state index contributed by atoms with van der Waals surface area (Å²) in [5, 5.41) is 6.58. The van der Waals surface area contributed by atoms with E-state index < -0.39 is 10.0 Å². The fourth-order valence-corrected chi connectivity index (χ4v) is 4.29. The van der Waals surface area contributed by atoms with Gasteiger partial charge in [-0.25, -0.2) is 8.42 Å². The number of methoxy groups -OCH3 is 1. The van der Waals surface area contributed by atoms with E-state index in [0.29, 0.717) is 42.9 Å². The molecule has 8 nitrogen and oxygen atoms in total. The van der Waals surface area contributed by atoms with Gasteiger partial charge in [0.05, 0.1) is 47.5 Å². The van der Waals surface area contributed by atoms with Crippen molar-refractivity contribution < 1.29 is 22.8 Å². The Hall–Kier alpha value is -1.46. The third-order valence-electron chi connectivity index (χ3n) is 3.92. The lowest BCUT2D eigenvalue weighted by molar-refractivity contribution is -0.856. The SMILES string of the molecule is COc1ccc(NC(=S)NCC[NH+](C)C)cc1S(=O)(=O)N1CCOCC1. The van der Waals surface area contributed by atoms with Crippen LogP contribution in [0.1, 0.15) is 0 Å². The van der Waals surface area contributed by atoms with Crippen LogP contribution in [0.25, 0.3) is 0 Å². The summed E-state index contributed by atoms with van der Waals surface area (Å²) in [7, 11) is 1.90. The lowest BCUT2D eigenvalue weighted by Crippen LogP contribution is -3.06. The van der Waals surface area contributed by atoms with Gasteiger partial charge in [-0.3, -0.25) is 0 Å². The van der Waals surface area contributed by atoms with E-state index in [0.717, 1.165) is 13.1 Å². The number of hydrogen-bond acceptors (Lipinski definition) is 5. The van der Waals surface area contributed by atoms with Gasteiger partial charge in [0.1, 0.15) is 10.6 Å². The van der Waals surface area contributed by atoms with Gasteiger partial charge < -0.3 is 25.0 Å². The smallest absolute Gasteiger partial charge is 0.246 e. The Kier molecular flexibility index (Phi) is 7.59. The quantitative estimate of drug-likeness (QED) is 0.511. The number of thiocarbonyl (C=S) groups is 1. The average molecular weight is 404 g/mol. The van der Waals surface area contributed by atoms with E-state index in [9.17, 15) is 8.42 Å². The van der Waals surface area contributed by atoms with Gasteiger partial charge in [0.15, 0.2) is 5.11 Å². The molecular weight excluding hydrogens is 376 g/mol. The molecule has 0 aliphatic carbocycles.